The van der Waals surface area contributed by atoms with Gasteiger partial charge in [-0.25, -0.2) is 4.98 Å². The second-order valence-electron chi connectivity index (χ2n) is 7.21. The van der Waals surface area contributed by atoms with Crippen molar-refractivity contribution in [2.75, 3.05) is 6.61 Å². The maximum absolute atomic E-state index is 5.91. The molecule has 0 saturated heterocycles. The average molecular weight is 378 g/mol. The predicted molar refractivity (Wildman–Crippen MR) is 99.8 cm³/mol. The van der Waals surface area contributed by atoms with Gasteiger partial charge in [0.15, 0.2) is 0 Å². The van der Waals surface area contributed by atoms with Gasteiger partial charge in [0.05, 0.1) is 17.6 Å². The number of halogens is 2. The first kappa shape index (κ1) is 19.6. The fourth-order valence-electron chi connectivity index (χ4n) is 2.77. The van der Waals surface area contributed by atoms with Crippen molar-refractivity contribution in [1.29, 1.82) is 0 Å². The van der Waals surface area contributed by atoms with Crippen molar-refractivity contribution in [3.63, 3.8) is 0 Å². The van der Waals surface area contributed by atoms with Crippen molar-refractivity contribution >= 4 is 22.6 Å². The largest absolute Gasteiger partial charge is 1.00 e. The van der Waals surface area contributed by atoms with Gasteiger partial charge in [0.25, 0.3) is 0 Å². The highest BCUT2D eigenvalue weighted by atomic mass is 35.5. The third-order valence-corrected chi connectivity index (χ3v) is 4.07. The van der Waals surface area contributed by atoms with Crippen LogP contribution in [0.2, 0.25) is 5.02 Å². The maximum atomic E-state index is 5.91. The van der Waals surface area contributed by atoms with Crippen LogP contribution in [0.25, 0.3) is 11.0 Å². The summed E-state index contributed by atoms with van der Waals surface area (Å²) in [5.74, 6) is 1.95. The van der Waals surface area contributed by atoms with Crippen LogP contribution < -0.4 is 17.1 Å². The molecule has 0 aliphatic carbocycles. The number of hydrogen-bond acceptors (Lipinski definition) is 2. The third-order valence-electron chi connectivity index (χ3n) is 3.82. The number of para-hydroxylation sites is 2. The Morgan fingerprint density at radius 3 is 2.40 bits per heavy atom. The molecular formula is C20H23Cl2N2O-. The molecule has 134 valence electrons. The molecule has 3 nitrogen and oxygen atoms in total. The van der Waals surface area contributed by atoms with E-state index in [4.69, 9.17) is 21.3 Å². The number of imidazole rings is 1. The van der Waals surface area contributed by atoms with Crippen LogP contribution in [-0.2, 0) is 13.0 Å². The second kappa shape index (κ2) is 8.11. The number of nitrogens with zero attached hydrogens (tertiary/aromatic N) is 2. The van der Waals surface area contributed by atoms with Crippen molar-refractivity contribution in [3.8, 4) is 5.75 Å². The predicted octanol–water partition coefficient (Wildman–Crippen LogP) is 2.36. The molecule has 0 unspecified atom stereocenters. The van der Waals surface area contributed by atoms with Crippen molar-refractivity contribution in [2.45, 2.75) is 33.7 Å². The van der Waals surface area contributed by atoms with Gasteiger partial charge in [-0.15, -0.1) is 0 Å². The first-order chi connectivity index (χ1) is 11.4. The number of hydrogen-bond donors (Lipinski definition) is 0. The van der Waals surface area contributed by atoms with Gasteiger partial charge in [-0.1, -0.05) is 44.5 Å². The van der Waals surface area contributed by atoms with Crippen molar-refractivity contribution in [3.05, 3.63) is 59.4 Å². The lowest BCUT2D eigenvalue weighted by atomic mass is 9.92. The van der Waals surface area contributed by atoms with E-state index in [0.717, 1.165) is 40.6 Å². The molecule has 3 rings (SSSR count). The zero-order valence-electron chi connectivity index (χ0n) is 14.8. The molecule has 0 radical (unpaired) electrons. The van der Waals surface area contributed by atoms with Gasteiger partial charge >= 0.3 is 0 Å². The normalized spacial score (nSPS) is 11.4. The summed E-state index contributed by atoms with van der Waals surface area (Å²) in [6, 6.07) is 15.7. The minimum absolute atomic E-state index is 0. The third kappa shape index (κ3) is 5.13. The van der Waals surface area contributed by atoms with E-state index in [-0.39, 0.29) is 17.8 Å². The summed E-state index contributed by atoms with van der Waals surface area (Å²) >= 11 is 5.91. The molecule has 1 heterocycles. The minimum Gasteiger partial charge on any atom is -1.00 e. The van der Waals surface area contributed by atoms with Crippen LogP contribution >= 0.6 is 11.6 Å². The van der Waals surface area contributed by atoms with E-state index in [1.165, 1.54) is 0 Å². The van der Waals surface area contributed by atoms with Crippen LogP contribution in [0.4, 0.5) is 0 Å². The Balaban J connectivity index is 0.00000225. The van der Waals surface area contributed by atoms with Gasteiger partial charge in [0.2, 0.25) is 0 Å². The van der Waals surface area contributed by atoms with Gasteiger partial charge in [0.1, 0.15) is 18.2 Å². The van der Waals surface area contributed by atoms with Gasteiger partial charge < -0.3 is 21.7 Å². The van der Waals surface area contributed by atoms with Crippen LogP contribution in [0, 0.1) is 5.41 Å². The lowest BCUT2D eigenvalue weighted by Gasteiger charge is -2.19. The molecule has 0 saturated carbocycles. The molecule has 25 heavy (non-hydrogen) atoms. The summed E-state index contributed by atoms with van der Waals surface area (Å²) in [7, 11) is 0. The summed E-state index contributed by atoms with van der Waals surface area (Å²) in [6.07, 6.45) is 0.933. The lowest BCUT2D eigenvalue weighted by Crippen LogP contribution is -3.00. The fraction of sp³-hybridized carbons (Fsp3) is 0.350. The fourth-order valence-corrected chi connectivity index (χ4v) is 2.90. The number of aromatic nitrogens is 2. The molecule has 1 aromatic heterocycles. The number of fused-ring (bicyclic) bond motifs is 1. The number of ether oxygens (including phenoxy) is 1. The Morgan fingerprint density at radius 1 is 1.04 bits per heavy atom. The molecular weight excluding hydrogens is 355 g/mol. The molecule has 2 aromatic carbocycles. The molecule has 0 N–H and O–H groups in total. The quantitative estimate of drug-likeness (QED) is 0.682. The highest BCUT2D eigenvalue weighted by molar-refractivity contribution is 6.30. The Hall–Kier alpha value is -1.71. The molecule has 0 bridgehead atoms. The summed E-state index contributed by atoms with van der Waals surface area (Å²) in [5.41, 5.74) is 2.40. The molecule has 3 aromatic rings. The minimum atomic E-state index is 0. The summed E-state index contributed by atoms with van der Waals surface area (Å²) in [6.45, 7) is 8.08. The van der Waals surface area contributed by atoms with Crippen molar-refractivity contribution in [2.24, 2.45) is 5.41 Å². The SMILES string of the molecule is CC(C)(C)Cc1nc2ccccc2n1CCOc1ccc(Cl)cc1.[Cl-]. The molecule has 0 amide bonds. The van der Waals surface area contributed by atoms with Crippen LogP contribution in [0.15, 0.2) is 48.5 Å². The lowest BCUT2D eigenvalue weighted by molar-refractivity contribution is -0.00000617. The topological polar surface area (TPSA) is 27.1 Å². The molecule has 0 aliphatic heterocycles. The van der Waals surface area contributed by atoms with Gasteiger partial charge in [0, 0.05) is 11.4 Å². The first-order valence-electron chi connectivity index (χ1n) is 8.25. The Bertz CT molecular complexity index is 820. The molecule has 0 atom stereocenters. The highest BCUT2D eigenvalue weighted by Gasteiger charge is 2.18. The van der Waals surface area contributed by atoms with Crippen LogP contribution in [0.3, 0.4) is 0 Å². The smallest absolute Gasteiger partial charge is 0.119 e. The van der Waals surface area contributed by atoms with Gasteiger partial charge in [-0.2, -0.15) is 0 Å². The summed E-state index contributed by atoms with van der Waals surface area (Å²) in [5, 5.41) is 0.718. The van der Waals surface area contributed by atoms with Crippen molar-refractivity contribution < 1.29 is 17.1 Å². The Labute approximate surface area is 160 Å². The summed E-state index contributed by atoms with van der Waals surface area (Å²) < 4.78 is 8.14. The monoisotopic (exact) mass is 377 g/mol. The molecule has 0 fully saturated rings. The zero-order chi connectivity index (χ0) is 17.2. The maximum Gasteiger partial charge on any atom is 0.119 e. The van der Waals surface area contributed by atoms with Gasteiger partial charge in [-0.05, 0) is 41.8 Å². The average Bonchev–Trinajstić information content (AvgIpc) is 2.85. The second-order valence-corrected chi connectivity index (χ2v) is 7.64. The van der Waals surface area contributed by atoms with E-state index in [1.54, 1.807) is 0 Å². The van der Waals surface area contributed by atoms with Crippen LogP contribution in [0.5, 0.6) is 5.75 Å². The van der Waals surface area contributed by atoms with E-state index < -0.39 is 0 Å². The van der Waals surface area contributed by atoms with Crippen molar-refractivity contribution in [1.82, 2.24) is 9.55 Å². The molecule has 0 aliphatic rings. The summed E-state index contributed by atoms with van der Waals surface area (Å²) in [4.78, 5) is 4.83. The van der Waals surface area contributed by atoms with Crippen LogP contribution in [0.1, 0.15) is 26.6 Å². The van der Waals surface area contributed by atoms with E-state index in [2.05, 4.69) is 43.5 Å². The molecule has 0 spiro atoms. The standard InChI is InChI=1S/C20H23ClN2O.ClH/c1-20(2,3)14-19-22-17-6-4-5-7-18(17)23(19)12-13-24-16-10-8-15(21)9-11-16;/h4-11H,12-14H2,1-3H3;1H/p-1. The Kier molecular flexibility index (Phi) is 6.36. The van der Waals surface area contributed by atoms with Gasteiger partial charge in [-0.3, -0.25) is 0 Å². The van der Waals surface area contributed by atoms with E-state index in [1.807, 2.05) is 30.3 Å². The Morgan fingerprint density at radius 2 is 1.72 bits per heavy atom. The number of benzene rings is 2. The van der Waals surface area contributed by atoms with E-state index in [0.29, 0.717) is 6.61 Å². The van der Waals surface area contributed by atoms with Crippen LogP contribution in [-0.4, -0.2) is 16.2 Å². The zero-order valence-corrected chi connectivity index (χ0v) is 16.3. The van der Waals surface area contributed by atoms with E-state index in [9.17, 15) is 0 Å². The molecule has 5 heteroatoms. The highest BCUT2D eigenvalue weighted by Crippen LogP contribution is 2.24. The number of rotatable bonds is 5. The van der Waals surface area contributed by atoms with E-state index >= 15 is 0 Å². The first-order valence-corrected chi connectivity index (χ1v) is 8.63.